The molecule has 6 aromatic rings. The predicted molar refractivity (Wildman–Crippen MR) is 191 cm³/mol. The van der Waals surface area contributed by atoms with E-state index in [2.05, 4.69) is 160 Å². The van der Waals surface area contributed by atoms with E-state index in [-0.39, 0.29) is 44.0 Å². The van der Waals surface area contributed by atoms with Crippen LogP contribution in [0.25, 0.3) is 55.5 Å². The third-order valence-electron chi connectivity index (χ3n) is 9.00. The van der Waals surface area contributed by atoms with Gasteiger partial charge in [-0.3, -0.25) is 0 Å². The van der Waals surface area contributed by atoms with Gasteiger partial charge in [0.05, 0.1) is 0 Å². The monoisotopic (exact) mass is 805 g/mol. The molecule has 0 spiro atoms. The number of hydrogen-bond donors (Lipinski definition) is 0. The van der Waals surface area contributed by atoms with E-state index in [9.17, 15) is 0 Å². The smallest absolute Gasteiger partial charge is 0.663 e. The zero-order valence-electron chi connectivity index (χ0n) is 29.8. The van der Waals surface area contributed by atoms with E-state index < -0.39 is 0 Å². The van der Waals surface area contributed by atoms with Gasteiger partial charge < -0.3 is 9.40 Å². The van der Waals surface area contributed by atoms with Crippen LogP contribution in [-0.2, 0) is 44.0 Å². The van der Waals surface area contributed by atoms with E-state index in [0.29, 0.717) is 5.89 Å². The molecule has 0 saturated heterocycles. The van der Waals surface area contributed by atoms with Gasteiger partial charge in [-0.15, -0.1) is 44.5 Å². The summed E-state index contributed by atoms with van der Waals surface area (Å²) in [5.74, 6) is 0.460. The topological polar surface area (TPSA) is 53.0 Å². The Morgan fingerprint density at radius 2 is 1.04 bits per heavy atom. The van der Waals surface area contributed by atoms with E-state index in [1.54, 1.807) is 0 Å². The molecule has 4 nitrogen and oxygen atoms in total. The van der Waals surface area contributed by atoms with Crippen molar-refractivity contribution in [2.24, 2.45) is 0 Å². The second kappa shape index (κ2) is 11.9. The van der Waals surface area contributed by atoms with Crippen molar-refractivity contribution in [2.45, 2.75) is 105 Å². The molecule has 0 N–H and O–H groups in total. The van der Waals surface area contributed by atoms with Crippen LogP contribution in [0.4, 0.5) is 0 Å². The average Bonchev–Trinajstić information content (AvgIpc) is 3.62. The van der Waals surface area contributed by atoms with Crippen molar-refractivity contribution >= 4 is 21.8 Å². The zero-order valence-corrected chi connectivity index (χ0v) is 32.0. The molecule has 0 aliphatic rings. The number of aromatic nitrogens is 3. The summed E-state index contributed by atoms with van der Waals surface area (Å²) in [5, 5.41) is 10.5. The van der Waals surface area contributed by atoms with Gasteiger partial charge in [-0.25, -0.2) is 0 Å². The fourth-order valence-electron chi connectivity index (χ4n) is 5.88. The minimum atomic E-state index is -0.0957. The van der Waals surface area contributed by atoms with Crippen LogP contribution >= 0.6 is 0 Å². The average molecular weight is 806 g/mol. The molecule has 0 saturated carbocycles. The van der Waals surface area contributed by atoms with Crippen molar-refractivity contribution in [3.63, 3.8) is 0 Å². The summed E-state index contributed by atoms with van der Waals surface area (Å²) in [6.45, 7) is 27.1. The summed E-state index contributed by atoms with van der Waals surface area (Å²) in [5.41, 5.74) is 11.7. The number of nitrogens with zero attached hydrogens (tertiary/aromatic N) is 3. The molecular weight excluding hydrogens is 759 g/mol. The van der Waals surface area contributed by atoms with Crippen LogP contribution in [0.1, 0.15) is 105 Å². The fourth-order valence-corrected chi connectivity index (χ4v) is 5.88. The molecule has 246 valence electrons. The Morgan fingerprint density at radius 1 is 0.553 bits per heavy atom. The predicted octanol–water partition coefficient (Wildman–Crippen LogP) is 11.1. The van der Waals surface area contributed by atoms with E-state index in [1.165, 1.54) is 39.4 Å². The largest absolute Gasteiger partial charge is 3.00 e. The van der Waals surface area contributed by atoms with Crippen molar-refractivity contribution in [2.75, 3.05) is 0 Å². The molecule has 0 radical (unpaired) electrons. The van der Waals surface area contributed by atoms with Gasteiger partial charge in [0.25, 0.3) is 0 Å². The van der Waals surface area contributed by atoms with Gasteiger partial charge in [-0.1, -0.05) is 125 Å². The van der Waals surface area contributed by atoms with Crippen molar-refractivity contribution in [3.8, 4) is 33.7 Å². The molecule has 5 heteroatoms. The summed E-state index contributed by atoms with van der Waals surface area (Å²) < 4.78 is 5.63. The molecule has 0 aliphatic carbocycles. The normalized spacial score (nSPS) is 12.9. The fraction of sp³-hybridized carbons (Fsp3) is 0.381. The molecule has 0 fully saturated rings. The number of benzene rings is 4. The van der Waals surface area contributed by atoms with E-state index in [4.69, 9.17) is 9.40 Å². The maximum absolute atomic E-state index is 5.63. The van der Waals surface area contributed by atoms with Crippen molar-refractivity contribution in [1.82, 2.24) is 15.2 Å². The molecule has 0 bridgehead atoms. The molecular formula is C42H46AuN3O. The van der Waals surface area contributed by atoms with Gasteiger partial charge in [-0.05, 0) is 43.6 Å². The first-order chi connectivity index (χ1) is 21.3. The summed E-state index contributed by atoms with van der Waals surface area (Å²) in [7, 11) is 0. The van der Waals surface area contributed by atoms with Gasteiger partial charge >= 0.3 is 22.4 Å². The minimum Gasteiger partial charge on any atom is -0.663 e. The molecule has 2 heterocycles. The molecule has 6 rings (SSSR count). The standard InChI is InChI=1S/C42H46N3O.Au/c1-39(2,3)29-13-14-36-34(21-29)35-23-32(42(10,11)12)22-33(37(35)44-36)27-15-25(17-30(19-27)40(4,5)6)26-16-28(38-45-43-24-46-38)20-31(18-26)41(7,8)9;/h13-14,17-24H,1-12H3;/q-3;+3. The number of fused-ring (bicyclic) bond motifs is 3. The van der Waals surface area contributed by atoms with Crippen LogP contribution in [0.15, 0.2) is 65.4 Å². The second-order valence-corrected chi connectivity index (χ2v) is 16.9. The zero-order chi connectivity index (χ0) is 33.4. The third kappa shape index (κ3) is 6.92. The first kappa shape index (κ1) is 34.9. The molecule has 0 unspecified atom stereocenters. The van der Waals surface area contributed by atoms with E-state index in [1.807, 2.05) is 0 Å². The quantitative estimate of drug-likeness (QED) is 0.132. The molecule has 4 aromatic carbocycles. The Balaban J connectivity index is 0.00000433. The molecule has 47 heavy (non-hydrogen) atoms. The van der Waals surface area contributed by atoms with Crippen LogP contribution in [-0.4, -0.2) is 10.2 Å². The number of rotatable bonds is 3. The SMILES string of the molecule is CC(C)(C)c1cc(-c2[c-]c(-c3cc(C(C)(C)C)cc4c3[n-]c3ccc(C(C)(C)C)cc34)cc(C(C)(C)C)c2)[c-]c(-c2nnco2)c1.[Au+3]. The molecule has 0 amide bonds. The van der Waals surface area contributed by atoms with Crippen LogP contribution in [0, 0.1) is 12.1 Å². The summed E-state index contributed by atoms with van der Waals surface area (Å²) in [6.07, 6.45) is 1.37. The third-order valence-corrected chi connectivity index (χ3v) is 9.00. The molecule has 2 aromatic heterocycles. The Bertz CT molecular complexity index is 2070. The van der Waals surface area contributed by atoms with Gasteiger partial charge in [0.15, 0.2) is 12.3 Å². The Kier molecular flexibility index (Phi) is 8.84. The number of hydrogen-bond acceptors (Lipinski definition) is 3. The summed E-state index contributed by atoms with van der Waals surface area (Å²) in [4.78, 5) is 5.27. The summed E-state index contributed by atoms with van der Waals surface area (Å²) >= 11 is 0. The Morgan fingerprint density at radius 3 is 1.57 bits per heavy atom. The van der Waals surface area contributed by atoms with Crippen LogP contribution in [0.5, 0.6) is 0 Å². The van der Waals surface area contributed by atoms with Gasteiger partial charge in [-0.2, -0.15) is 40.9 Å². The first-order valence-corrected chi connectivity index (χ1v) is 16.3. The van der Waals surface area contributed by atoms with Crippen molar-refractivity contribution in [1.29, 1.82) is 0 Å². The Labute approximate surface area is 296 Å². The van der Waals surface area contributed by atoms with E-state index >= 15 is 0 Å². The van der Waals surface area contributed by atoms with Gasteiger partial charge in [0, 0.05) is 0 Å². The maximum atomic E-state index is 5.63. The van der Waals surface area contributed by atoms with Crippen LogP contribution in [0.2, 0.25) is 0 Å². The Hall–Kier alpha value is -3.44. The van der Waals surface area contributed by atoms with Crippen LogP contribution < -0.4 is 4.98 Å². The van der Waals surface area contributed by atoms with E-state index in [0.717, 1.165) is 38.9 Å². The maximum Gasteiger partial charge on any atom is 3.00 e. The van der Waals surface area contributed by atoms with Gasteiger partial charge in [0.2, 0.25) is 0 Å². The van der Waals surface area contributed by atoms with Crippen molar-refractivity contribution in [3.05, 3.63) is 95.4 Å². The minimum absolute atomic E-state index is 0. The summed E-state index contributed by atoms with van der Waals surface area (Å²) in [6, 6.07) is 27.8. The van der Waals surface area contributed by atoms with Crippen LogP contribution in [0.3, 0.4) is 0 Å². The first-order valence-electron chi connectivity index (χ1n) is 16.3. The molecule has 0 atom stereocenters. The molecule has 0 aliphatic heterocycles. The van der Waals surface area contributed by atoms with Gasteiger partial charge in [0.1, 0.15) is 0 Å². The van der Waals surface area contributed by atoms with Crippen molar-refractivity contribution < 1.29 is 26.8 Å². The second-order valence-electron chi connectivity index (χ2n) is 16.9.